The first-order valence-electron chi connectivity index (χ1n) is 6.74. The zero-order valence-electron chi connectivity index (χ0n) is 12.5. The number of rotatable bonds is 2. The Balaban J connectivity index is 2.74. The van der Waals surface area contributed by atoms with Gasteiger partial charge in [0.2, 0.25) is 0 Å². The van der Waals surface area contributed by atoms with Crippen molar-refractivity contribution in [3.8, 4) is 11.3 Å². The van der Waals surface area contributed by atoms with Gasteiger partial charge in [0.25, 0.3) is 0 Å². The van der Waals surface area contributed by atoms with Crippen LogP contribution in [0, 0.1) is 6.92 Å². The Morgan fingerprint density at radius 2 is 1.71 bits per heavy atom. The van der Waals surface area contributed by atoms with Crippen molar-refractivity contribution < 1.29 is 13.2 Å². The Kier molecular flexibility index (Phi) is 3.97. The molecular formula is C16H18F3NSi. The van der Waals surface area contributed by atoms with Crippen LogP contribution in [-0.2, 0) is 6.18 Å². The molecule has 0 spiro atoms. The van der Waals surface area contributed by atoms with Crippen LogP contribution in [-0.4, -0.2) is 13.1 Å². The van der Waals surface area contributed by atoms with Gasteiger partial charge in [-0.2, -0.15) is 13.2 Å². The molecule has 0 atom stereocenters. The first-order valence-corrected chi connectivity index (χ1v) is 10.2. The second-order valence-corrected chi connectivity index (χ2v) is 11.2. The average Bonchev–Trinajstić information content (AvgIpc) is 2.36. The van der Waals surface area contributed by atoms with E-state index in [1.807, 2.05) is 13.0 Å². The summed E-state index contributed by atoms with van der Waals surface area (Å²) >= 11 is 0. The van der Waals surface area contributed by atoms with Crippen LogP contribution in [0.4, 0.5) is 13.2 Å². The van der Waals surface area contributed by atoms with Crippen LogP contribution < -0.4 is 5.19 Å². The van der Waals surface area contributed by atoms with Crippen molar-refractivity contribution in [2.24, 2.45) is 0 Å². The van der Waals surface area contributed by atoms with Crippen molar-refractivity contribution in [1.82, 2.24) is 4.98 Å². The SMILES string of the molecule is Cc1cccnc1-c1cc(C(F)(F)F)ccc1[Si](C)(C)C. The number of aromatic nitrogens is 1. The molecule has 1 aromatic heterocycles. The van der Waals surface area contributed by atoms with Crippen molar-refractivity contribution in [2.45, 2.75) is 32.7 Å². The number of nitrogens with zero attached hydrogens (tertiary/aromatic N) is 1. The molecule has 0 aliphatic heterocycles. The number of hydrogen-bond acceptors (Lipinski definition) is 1. The number of pyridine rings is 1. The summed E-state index contributed by atoms with van der Waals surface area (Å²) in [6, 6.07) is 7.70. The fraction of sp³-hybridized carbons (Fsp3) is 0.312. The van der Waals surface area contributed by atoms with E-state index in [0.717, 1.165) is 10.8 Å². The predicted octanol–water partition coefficient (Wildman–Crippen LogP) is 4.62. The third-order valence-corrected chi connectivity index (χ3v) is 5.47. The van der Waals surface area contributed by atoms with Gasteiger partial charge in [-0.25, -0.2) is 0 Å². The van der Waals surface area contributed by atoms with Gasteiger partial charge >= 0.3 is 6.18 Å². The monoisotopic (exact) mass is 309 g/mol. The van der Waals surface area contributed by atoms with Crippen LogP contribution in [0.3, 0.4) is 0 Å². The summed E-state index contributed by atoms with van der Waals surface area (Å²) in [6.07, 6.45) is -2.72. The maximum absolute atomic E-state index is 13.0. The molecule has 1 aromatic carbocycles. The zero-order chi connectivity index (χ0) is 15.8. The molecule has 0 aliphatic rings. The normalized spacial score (nSPS) is 12.5. The highest BCUT2D eigenvalue weighted by atomic mass is 28.3. The molecule has 112 valence electrons. The van der Waals surface area contributed by atoms with E-state index in [-0.39, 0.29) is 0 Å². The van der Waals surface area contributed by atoms with Gasteiger partial charge in [-0.15, -0.1) is 0 Å². The van der Waals surface area contributed by atoms with E-state index < -0.39 is 19.8 Å². The first kappa shape index (κ1) is 15.8. The quantitative estimate of drug-likeness (QED) is 0.738. The van der Waals surface area contributed by atoms with E-state index in [1.54, 1.807) is 18.3 Å². The fourth-order valence-electron chi connectivity index (χ4n) is 2.34. The van der Waals surface area contributed by atoms with E-state index in [4.69, 9.17) is 0 Å². The molecule has 0 bridgehead atoms. The molecule has 0 amide bonds. The van der Waals surface area contributed by atoms with Gasteiger partial charge in [0.15, 0.2) is 0 Å². The lowest BCUT2D eigenvalue weighted by molar-refractivity contribution is -0.137. The van der Waals surface area contributed by atoms with Crippen LogP contribution in [0.25, 0.3) is 11.3 Å². The van der Waals surface area contributed by atoms with Crippen LogP contribution >= 0.6 is 0 Å². The minimum Gasteiger partial charge on any atom is -0.256 e. The number of hydrogen-bond donors (Lipinski definition) is 0. The summed E-state index contributed by atoms with van der Waals surface area (Å²) < 4.78 is 39.0. The molecule has 0 unspecified atom stereocenters. The molecule has 1 nitrogen and oxygen atoms in total. The molecule has 5 heteroatoms. The highest BCUT2D eigenvalue weighted by Gasteiger charge is 2.32. The van der Waals surface area contributed by atoms with Crippen molar-refractivity contribution in [3.63, 3.8) is 0 Å². The largest absolute Gasteiger partial charge is 0.416 e. The summed E-state index contributed by atoms with van der Waals surface area (Å²) in [5.41, 5.74) is 1.52. The van der Waals surface area contributed by atoms with Crippen molar-refractivity contribution in [2.75, 3.05) is 0 Å². The molecule has 0 radical (unpaired) electrons. The summed E-state index contributed by atoms with van der Waals surface area (Å²) in [7, 11) is -1.77. The number of alkyl halides is 3. The van der Waals surface area contributed by atoms with E-state index in [0.29, 0.717) is 11.3 Å². The van der Waals surface area contributed by atoms with Gasteiger partial charge in [-0.3, -0.25) is 4.98 Å². The number of benzene rings is 1. The van der Waals surface area contributed by atoms with Crippen molar-refractivity contribution in [1.29, 1.82) is 0 Å². The molecular weight excluding hydrogens is 291 g/mol. The van der Waals surface area contributed by atoms with E-state index in [9.17, 15) is 13.2 Å². The fourth-order valence-corrected chi connectivity index (χ4v) is 3.92. The summed E-state index contributed by atoms with van der Waals surface area (Å²) in [4.78, 5) is 4.30. The third-order valence-electron chi connectivity index (χ3n) is 3.42. The van der Waals surface area contributed by atoms with E-state index in [2.05, 4.69) is 24.6 Å². The third kappa shape index (κ3) is 3.35. The van der Waals surface area contributed by atoms with Gasteiger partial charge in [-0.05, 0) is 24.6 Å². The maximum atomic E-state index is 13.0. The lowest BCUT2D eigenvalue weighted by atomic mass is 10.0. The Morgan fingerprint density at radius 3 is 2.24 bits per heavy atom. The Hall–Kier alpha value is -1.62. The second kappa shape index (κ2) is 5.29. The molecule has 0 aliphatic carbocycles. The minimum atomic E-state index is -4.34. The summed E-state index contributed by atoms with van der Waals surface area (Å²) in [6.45, 7) is 8.24. The smallest absolute Gasteiger partial charge is 0.256 e. The van der Waals surface area contributed by atoms with Gasteiger partial charge in [0, 0.05) is 11.8 Å². The Bertz CT molecular complexity index is 657. The molecule has 0 N–H and O–H groups in total. The Labute approximate surface area is 123 Å². The predicted molar refractivity (Wildman–Crippen MR) is 82.4 cm³/mol. The van der Waals surface area contributed by atoms with Gasteiger partial charge in [0.05, 0.1) is 19.3 Å². The minimum absolute atomic E-state index is 0.613. The lowest BCUT2D eigenvalue weighted by Crippen LogP contribution is -2.39. The maximum Gasteiger partial charge on any atom is 0.416 e. The molecule has 2 rings (SSSR count). The van der Waals surface area contributed by atoms with Crippen LogP contribution in [0.5, 0.6) is 0 Å². The second-order valence-electron chi connectivity index (χ2n) is 6.18. The number of halogens is 3. The highest BCUT2D eigenvalue weighted by molar-refractivity contribution is 6.89. The molecule has 2 aromatic rings. The van der Waals surface area contributed by atoms with Gasteiger partial charge in [0.1, 0.15) is 0 Å². The average molecular weight is 309 g/mol. The summed E-state index contributed by atoms with van der Waals surface area (Å²) in [5, 5.41) is 0.998. The van der Waals surface area contributed by atoms with E-state index >= 15 is 0 Å². The molecule has 1 heterocycles. The van der Waals surface area contributed by atoms with E-state index in [1.165, 1.54) is 12.1 Å². The standard InChI is InChI=1S/C16H18F3NSi/c1-11-6-5-9-20-15(11)13-10-12(16(17,18)19)7-8-14(13)21(2,3)4/h5-10H,1-4H3. The van der Waals surface area contributed by atoms with Crippen molar-refractivity contribution >= 4 is 13.3 Å². The Morgan fingerprint density at radius 1 is 1.05 bits per heavy atom. The lowest BCUT2D eigenvalue weighted by Gasteiger charge is -2.23. The topological polar surface area (TPSA) is 12.9 Å². The molecule has 21 heavy (non-hydrogen) atoms. The van der Waals surface area contributed by atoms with Crippen LogP contribution in [0.2, 0.25) is 19.6 Å². The van der Waals surface area contributed by atoms with Gasteiger partial charge < -0.3 is 0 Å². The molecule has 0 saturated carbocycles. The highest BCUT2D eigenvalue weighted by Crippen LogP contribution is 2.32. The summed E-state index contributed by atoms with van der Waals surface area (Å²) in [5.74, 6) is 0. The van der Waals surface area contributed by atoms with Crippen LogP contribution in [0.1, 0.15) is 11.1 Å². The van der Waals surface area contributed by atoms with Gasteiger partial charge in [-0.1, -0.05) is 43.0 Å². The van der Waals surface area contributed by atoms with Crippen LogP contribution in [0.15, 0.2) is 36.5 Å². The molecule has 0 fully saturated rings. The molecule has 0 saturated heterocycles. The van der Waals surface area contributed by atoms with Crippen molar-refractivity contribution in [3.05, 3.63) is 47.7 Å². The zero-order valence-corrected chi connectivity index (χ0v) is 13.5. The first-order chi connectivity index (χ1) is 9.60. The number of aryl methyl sites for hydroxylation is 1.